The van der Waals surface area contributed by atoms with Crippen molar-refractivity contribution in [2.45, 2.75) is 6.92 Å². The topological polar surface area (TPSA) is 72.2 Å². The summed E-state index contributed by atoms with van der Waals surface area (Å²) in [4.78, 5) is 21.3. The summed E-state index contributed by atoms with van der Waals surface area (Å²) in [7, 11) is 0. The summed E-state index contributed by atoms with van der Waals surface area (Å²) in [6, 6.07) is 2.95. The maximum Gasteiger partial charge on any atom is 0.272 e. The molecule has 7 heteroatoms. The first-order valence-corrected chi connectivity index (χ1v) is 6.36. The number of alkyl halides is 1. The molecule has 98 valence electrons. The first kappa shape index (κ1) is 14.6. The molecule has 0 saturated carbocycles. The van der Waals surface area contributed by atoms with Crippen molar-refractivity contribution < 1.29 is 14.1 Å². The number of carbonyl (C=O) groups is 1. The van der Waals surface area contributed by atoms with E-state index in [4.69, 9.17) is 0 Å². The van der Waals surface area contributed by atoms with Gasteiger partial charge in [0.2, 0.25) is 0 Å². The number of amides is 1. The average molecular weight is 319 g/mol. The number of nitro benzene ring substituents is 1. The molecule has 0 radical (unpaired) electrons. The SMILES string of the molecule is CC(CBr)CNC(=O)c1ccc([N+](=O)[O-])cc1F. The molecule has 1 aromatic rings. The summed E-state index contributed by atoms with van der Waals surface area (Å²) < 4.78 is 13.5. The van der Waals surface area contributed by atoms with E-state index in [1.807, 2.05) is 6.92 Å². The predicted octanol–water partition coefficient (Wildman–Crippen LogP) is 2.49. The first-order chi connectivity index (χ1) is 8.45. The summed E-state index contributed by atoms with van der Waals surface area (Å²) in [6.07, 6.45) is 0. The zero-order valence-electron chi connectivity index (χ0n) is 9.65. The maximum atomic E-state index is 13.5. The van der Waals surface area contributed by atoms with E-state index in [0.29, 0.717) is 6.54 Å². The van der Waals surface area contributed by atoms with Crippen LogP contribution in [0.3, 0.4) is 0 Å². The Kier molecular flexibility index (Phi) is 5.21. The second-order valence-corrected chi connectivity index (χ2v) is 4.54. The van der Waals surface area contributed by atoms with Gasteiger partial charge in [-0.1, -0.05) is 22.9 Å². The van der Waals surface area contributed by atoms with Gasteiger partial charge in [0.15, 0.2) is 0 Å². The van der Waals surface area contributed by atoms with Crippen LogP contribution in [-0.4, -0.2) is 22.7 Å². The summed E-state index contributed by atoms with van der Waals surface area (Å²) in [5, 5.41) is 13.7. The molecule has 0 saturated heterocycles. The lowest BCUT2D eigenvalue weighted by Gasteiger charge is -2.09. The molecule has 18 heavy (non-hydrogen) atoms. The highest BCUT2D eigenvalue weighted by molar-refractivity contribution is 9.09. The molecule has 1 aromatic carbocycles. The molecule has 0 aliphatic carbocycles. The van der Waals surface area contributed by atoms with Gasteiger partial charge in [-0.2, -0.15) is 0 Å². The summed E-state index contributed by atoms with van der Waals surface area (Å²) >= 11 is 3.26. The molecule has 0 bridgehead atoms. The highest BCUT2D eigenvalue weighted by Gasteiger charge is 2.16. The molecule has 5 nitrogen and oxygen atoms in total. The van der Waals surface area contributed by atoms with Gasteiger partial charge in [0.25, 0.3) is 11.6 Å². The van der Waals surface area contributed by atoms with Crippen molar-refractivity contribution in [2.75, 3.05) is 11.9 Å². The largest absolute Gasteiger partial charge is 0.352 e. The molecule has 0 spiro atoms. The smallest absolute Gasteiger partial charge is 0.272 e. The lowest BCUT2D eigenvalue weighted by atomic mass is 10.1. The molecule has 1 amide bonds. The minimum atomic E-state index is -0.895. The van der Waals surface area contributed by atoms with Gasteiger partial charge < -0.3 is 5.32 Å². The van der Waals surface area contributed by atoms with Crippen LogP contribution < -0.4 is 5.32 Å². The van der Waals surface area contributed by atoms with Crippen LogP contribution in [0.4, 0.5) is 10.1 Å². The summed E-state index contributed by atoms with van der Waals surface area (Å²) in [6.45, 7) is 2.32. The number of hydrogen-bond donors (Lipinski definition) is 1. The van der Waals surface area contributed by atoms with Crippen molar-refractivity contribution in [1.82, 2.24) is 5.32 Å². The third kappa shape index (κ3) is 3.76. The molecule has 0 aliphatic heterocycles. The summed E-state index contributed by atoms with van der Waals surface area (Å²) in [5.74, 6) is -1.25. The number of non-ortho nitro benzene ring substituents is 1. The highest BCUT2D eigenvalue weighted by atomic mass is 79.9. The number of carbonyl (C=O) groups excluding carboxylic acids is 1. The molecule has 0 aliphatic rings. The number of nitro groups is 1. The normalized spacial score (nSPS) is 11.9. The van der Waals surface area contributed by atoms with Gasteiger partial charge in [0.05, 0.1) is 16.6 Å². The van der Waals surface area contributed by atoms with E-state index in [2.05, 4.69) is 21.2 Å². The third-order valence-corrected chi connectivity index (χ3v) is 3.39. The number of rotatable bonds is 5. The molecule has 1 N–H and O–H groups in total. The molecule has 1 atom stereocenters. The Hall–Kier alpha value is -1.50. The first-order valence-electron chi connectivity index (χ1n) is 5.23. The Morgan fingerprint density at radius 3 is 2.78 bits per heavy atom. The quantitative estimate of drug-likeness (QED) is 0.515. The van der Waals surface area contributed by atoms with E-state index in [9.17, 15) is 19.3 Å². The molecular formula is C11H12BrFN2O3. The number of nitrogens with zero attached hydrogens (tertiary/aromatic N) is 1. The molecule has 0 heterocycles. The van der Waals surface area contributed by atoms with Gasteiger partial charge in [-0.25, -0.2) is 4.39 Å². The van der Waals surface area contributed by atoms with Gasteiger partial charge >= 0.3 is 0 Å². The Bertz CT molecular complexity index is 468. The van der Waals surface area contributed by atoms with Crippen molar-refractivity contribution >= 4 is 27.5 Å². The van der Waals surface area contributed by atoms with E-state index >= 15 is 0 Å². The van der Waals surface area contributed by atoms with E-state index in [0.717, 1.165) is 23.5 Å². The van der Waals surface area contributed by atoms with Crippen LogP contribution in [0, 0.1) is 21.8 Å². The van der Waals surface area contributed by atoms with Gasteiger partial charge in [-0.3, -0.25) is 14.9 Å². The number of halogens is 2. The van der Waals surface area contributed by atoms with Gasteiger partial charge in [-0.05, 0) is 12.0 Å². The molecule has 1 unspecified atom stereocenters. The van der Waals surface area contributed by atoms with Crippen molar-refractivity contribution in [3.8, 4) is 0 Å². The Labute approximate surface area is 112 Å². The minimum absolute atomic E-state index is 0.192. The minimum Gasteiger partial charge on any atom is -0.352 e. The van der Waals surface area contributed by atoms with Crippen LogP contribution in [0.2, 0.25) is 0 Å². The average Bonchev–Trinajstić information content (AvgIpc) is 2.35. The van der Waals surface area contributed by atoms with Crippen LogP contribution in [0.1, 0.15) is 17.3 Å². The van der Waals surface area contributed by atoms with Crippen LogP contribution >= 0.6 is 15.9 Å². The van der Waals surface area contributed by atoms with E-state index in [1.165, 1.54) is 0 Å². The van der Waals surface area contributed by atoms with Crippen molar-refractivity contribution in [1.29, 1.82) is 0 Å². The van der Waals surface area contributed by atoms with E-state index in [-0.39, 0.29) is 17.2 Å². The molecule has 1 rings (SSSR count). The van der Waals surface area contributed by atoms with Crippen LogP contribution in [0.15, 0.2) is 18.2 Å². The molecule has 0 fully saturated rings. The lowest BCUT2D eigenvalue weighted by molar-refractivity contribution is -0.385. The number of nitrogens with one attached hydrogen (secondary N) is 1. The number of hydrogen-bond acceptors (Lipinski definition) is 3. The van der Waals surface area contributed by atoms with Gasteiger partial charge in [0, 0.05) is 17.9 Å². The summed E-state index contributed by atoms with van der Waals surface area (Å²) in [5.41, 5.74) is -0.569. The van der Waals surface area contributed by atoms with Crippen molar-refractivity contribution in [2.24, 2.45) is 5.92 Å². The lowest BCUT2D eigenvalue weighted by Crippen LogP contribution is -2.29. The van der Waals surface area contributed by atoms with E-state index in [1.54, 1.807) is 0 Å². The maximum absolute atomic E-state index is 13.5. The zero-order chi connectivity index (χ0) is 13.7. The fourth-order valence-electron chi connectivity index (χ4n) is 1.22. The third-order valence-electron chi connectivity index (χ3n) is 2.28. The van der Waals surface area contributed by atoms with Gasteiger partial charge in [-0.15, -0.1) is 0 Å². The number of benzene rings is 1. The fourth-order valence-corrected chi connectivity index (χ4v) is 1.45. The predicted molar refractivity (Wildman–Crippen MR) is 68.3 cm³/mol. The second kappa shape index (κ2) is 6.44. The van der Waals surface area contributed by atoms with Crippen LogP contribution in [-0.2, 0) is 0 Å². The second-order valence-electron chi connectivity index (χ2n) is 3.89. The zero-order valence-corrected chi connectivity index (χ0v) is 11.2. The molecular weight excluding hydrogens is 307 g/mol. The fraction of sp³-hybridized carbons (Fsp3) is 0.364. The monoisotopic (exact) mass is 318 g/mol. The van der Waals surface area contributed by atoms with Crippen molar-refractivity contribution in [3.05, 3.63) is 39.7 Å². The Morgan fingerprint density at radius 1 is 1.61 bits per heavy atom. The van der Waals surface area contributed by atoms with Crippen molar-refractivity contribution in [3.63, 3.8) is 0 Å². The standard InChI is InChI=1S/C11H12BrFN2O3/c1-7(5-12)6-14-11(16)9-3-2-8(15(17)18)4-10(9)13/h2-4,7H,5-6H2,1H3,(H,14,16). The van der Waals surface area contributed by atoms with Crippen LogP contribution in [0.5, 0.6) is 0 Å². The molecule has 0 aromatic heterocycles. The van der Waals surface area contributed by atoms with Gasteiger partial charge in [0.1, 0.15) is 5.82 Å². The Morgan fingerprint density at radius 2 is 2.28 bits per heavy atom. The van der Waals surface area contributed by atoms with Crippen LogP contribution in [0.25, 0.3) is 0 Å². The Balaban J connectivity index is 2.78. The highest BCUT2D eigenvalue weighted by Crippen LogP contribution is 2.16. The van der Waals surface area contributed by atoms with E-state index < -0.39 is 16.6 Å².